The van der Waals surface area contributed by atoms with E-state index in [0.717, 1.165) is 48.4 Å². The molecule has 8 heteroatoms. The average Bonchev–Trinajstić information content (AvgIpc) is 2.78. The van der Waals surface area contributed by atoms with Gasteiger partial charge in [0.2, 0.25) is 5.91 Å². The third kappa shape index (κ3) is 3.70. The highest BCUT2D eigenvalue weighted by Crippen LogP contribution is 2.30. The fourth-order valence-corrected chi connectivity index (χ4v) is 4.10. The largest absolute Gasteiger partial charge is 0.378 e. The van der Waals surface area contributed by atoms with Gasteiger partial charge in [-0.3, -0.25) is 4.79 Å². The van der Waals surface area contributed by atoms with Crippen LogP contribution in [0.2, 0.25) is 0 Å². The van der Waals surface area contributed by atoms with Crippen molar-refractivity contribution in [3.8, 4) is 0 Å². The third-order valence-electron chi connectivity index (χ3n) is 5.44. The molecule has 2 atom stereocenters. The van der Waals surface area contributed by atoms with Crippen molar-refractivity contribution in [1.82, 2.24) is 25.1 Å². The first-order valence-corrected chi connectivity index (χ1v) is 10.4. The summed E-state index contributed by atoms with van der Waals surface area (Å²) < 4.78 is 7.70. The zero-order chi connectivity index (χ0) is 19.7. The number of carbonyl (C=O) groups excluding carboxylic acids is 1. The summed E-state index contributed by atoms with van der Waals surface area (Å²) >= 11 is 0. The van der Waals surface area contributed by atoms with E-state index in [1.807, 2.05) is 4.68 Å². The number of aryl methyl sites for hydroxylation is 1. The van der Waals surface area contributed by atoms with Crippen molar-refractivity contribution >= 4 is 22.8 Å². The summed E-state index contributed by atoms with van der Waals surface area (Å²) in [5.74, 6) is 1.29. The minimum atomic E-state index is -0.179. The van der Waals surface area contributed by atoms with Gasteiger partial charge >= 0.3 is 0 Å². The zero-order valence-electron chi connectivity index (χ0n) is 17.0. The zero-order valence-corrected chi connectivity index (χ0v) is 17.0. The van der Waals surface area contributed by atoms with E-state index in [4.69, 9.17) is 9.84 Å². The number of hydrogen-bond acceptors (Lipinski definition) is 6. The first-order chi connectivity index (χ1) is 13.6. The van der Waals surface area contributed by atoms with Crippen molar-refractivity contribution in [3.63, 3.8) is 0 Å². The van der Waals surface area contributed by atoms with E-state index in [-0.39, 0.29) is 17.9 Å². The Kier molecular flexibility index (Phi) is 5.48. The van der Waals surface area contributed by atoms with Gasteiger partial charge in [0.1, 0.15) is 12.1 Å². The van der Waals surface area contributed by atoms with Crippen LogP contribution >= 0.6 is 0 Å². The summed E-state index contributed by atoms with van der Waals surface area (Å²) in [5, 5.41) is 9.05. The Morgan fingerprint density at radius 3 is 2.93 bits per heavy atom. The molecule has 0 spiro atoms. The van der Waals surface area contributed by atoms with Crippen LogP contribution in [0.3, 0.4) is 0 Å². The molecule has 0 unspecified atom stereocenters. The molecule has 4 heterocycles. The summed E-state index contributed by atoms with van der Waals surface area (Å²) in [6, 6.07) is -0.0197. The van der Waals surface area contributed by atoms with Gasteiger partial charge in [-0.2, -0.15) is 5.10 Å². The minimum absolute atomic E-state index is 0.0197. The molecule has 28 heavy (non-hydrogen) atoms. The van der Waals surface area contributed by atoms with Crippen molar-refractivity contribution in [2.75, 3.05) is 31.2 Å². The molecule has 152 valence electrons. The summed E-state index contributed by atoms with van der Waals surface area (Å²) in [6.45, 7) is 9.76. The Labute approximate surface area is 165 Å². The lowest BCUT2D eigenvalue weighted by Gasteiger charge is -2.29. The average molecular weight is 387 g/mol. The third-order valence-corrected chi connectivity index (χ3v) is 5.44. The van der Waals surface area contributed by atoms with Gasteiger partial charge in [0.25, 0.3) is 0 Å². The number of unbranched alkanes of at least 4 members (excludes halogenated alkanes) is 1. The van der Waals surface area contributed by atoms with Crippen LogP contribution in [0.5, 0.6) is 0 Å². The highest BCUT2D eigenvalue weighted by molar-refractivity contribution is 5.90. The van der Waals surface area contributed by atoms with Crippen LogP contribution in [0.1, 0.15) is 39.3 Å². The maximum absolute atomic E-state index is 12.4. The van der Waals surface area contributed by atoms with Crippen molar-refractivity contribution in [1.29, 1.82) is 0 Å². The number of fused-ring (bicyclic) bond motifs is 4. The van der Waals surface area contributed by atoms with E-state index in [1.54, 1.807) is 6.33 Å². The van der Waals surface area contributed by atoms with E-state index in [1.165, 1.54) is 0 Å². The predicted octanol–water partition coefficient (Wildman–Crippen LogP) is 1.78. The summed E-state index contributed by atoms with van der Waals surface area (Å²) in [7, 11) is 0. The van der Waals surface area contributed by atoms with Crippen LogP contribution in [-0.4, -0.2) is 58.0 Å². The number of nitrogens with one attached hydrogen (secondary N) is 1. The molecule has 0 aromatic carbocycles. The maximum Gasteiger partial charge on any atom is 0.227 e. The molecule has 1 N–H and O–H groups in total. The van der Waals surface area contributed by atoms with Crippen molar-refractivity contribution in [2.24, 2.45) is 11.8 Å². The fourth-order valence-electron chi connectivity index (χ4n) is 4.10. The van der Waals surface area contributed by atoms with Gasteiger partial charge in [-0.15, -0.1) is 0 Å². The van der Waals surface area contributed by atoms with Gasteiger partial charge < -0.3 is 15.0 Å². The first kappa shape index (κ1) is 19.1. The quantitative estimate of drug-likeness (QED) is 0.815. The molecule has 2 aliphatic heterocycles. The van der Waals surface area contributed by atoms with Gasteiger partial charge in [0.05, 0.1) is 36.3 Å². The van der Waals surface area contributed by atoms with E-state index in [2.05, 4.69) is 41.0 Å². The number of carbonyl (C=O) groups is 1. The summed E-state index contributed by atoms with van der Waals surface area (Å²) in [5.41, 5.74) is 1.96. The number of aromatic nitrogens is 4. The van der Waals surface area contributed by atoms with Crippen LogP contribution in [0, 0.1) is 11.8 Å². The molecule has 2 aromatic heterocycles. The molecule has 8 nitrogen and oxygen atoms in total. The smallest absolute Gasteiger partial charge is 0.227 e. The second kappa shape index (κ2) is 8.03. The predicted molar refractivity (Wildman–Crippen MR) is 107 cm³/mol. The van der Waals surface area contributed by atoms with Gasteiger partial charge in [0.15, 0.2) is 5.65 Å². The molecular formula is C20H30N6O2. The van der Waals surface area contributed by atoms with Crippen LogP contribution in [0.15, 0.2) is 6.33 Å². The molecule has 2 aromatic rings. The molecule has 2 bridgehead atoms. The second-order valence-electron chi connectivity index (χ2n) is 8.36. The van der Waals surface area contributed by atoms with Crippen molar-refractivity contribution < 1.29 is 9.53 Å². The summed E-state index contributed by atoms with van der Waals surface area (Å²) in [4.78, 5) is 23.9. The number of amides is 1. The lowest BCUT2D eigenvalue weighted by Crippen LogP contribution is -2.42. The van der Waals surface area contributed by atoms with E-state index >= 15 is 0 Å². The molecule has 1 amide bonds. The van der Waals surface area contributed by atoms with Crippen LogP contribution in [0.25, 0.3) is 11.0 Å². The molecule has 2 fully saturated rings. The van der Waals surface area contributed by atoms with Crippen LogP contribution < -0.4 is 10.2 Å². The molecule has 2 aliphatic rings. The van der Waals surface area contributed by atoms with Gasteiger partial charge in [0, 0.05) is 19.6 Å². The van der Waals surface area contributed by atoms with Gasteiger partial charge in [-0.1, -0.05) is 27.2 Å². The highest BCUT2D eigenvalue weighted by Gasteiger charge is 2.35. The number of nitrogens with zero attached hydrogens (tertiary/aromatic N) is 5. The topological polar surface area (TPSA) is 85.2 Å². The maximum atomic E-state index is 12.4. The summed E-state index contributed by atoms with van der Waals surface area (Å²) in [6.07, 6.45) is 4.70. The molecule has 4 rings (SSSR count). The Bertz CT molecular complexity index is 849. The second-order valence-corrected chi connectivity index (χ2v) is 8.36. The Hall–Kier alpha value is -2.22. The fraction of sp³-hybridized carbons (Fsp3) is 0.700. The van der Waals surface area contributed by atoms with Crippen molar-refractivity contribution in [3.05, 3.63) is 12.0 Å². The normalized spacial score (nSPS) is 22.6. The monoisotopic (exact) mass is 386 g/mol. The first-order valence-electron chi connectivity index (χ1n) is 10.4. The number of hydrogen-bond donors (Lipinski definition) is 1. The van der Waals surface area contributed by atoms with E-state index < -0.39 is 0 Å². The molecule has 0 saturated carbocycles. The molecule has 2 saturated heterocycles. The van der Waals surface area contributed by atoms with E-state index in [9.17, 15) is 4.79 Å². The van der Waals surface area contributed by atoms with Crippen molar-refractivity contribution in [2.45, 2.75) is 52.6 Å². The standard InChI is InChI=1S/C20H30N6O2/c1-4-5-6-26-19-17(16(24-26)7-13(2)3)18(21-12-22-19)25-8-14-10-28-11-15(9-25)23-20(14)27/h12-15H,4-11H2,1-3H3,(H,23,27)/t14-,15+/m1/s1. The van der Waals surface area contributed by atoms with Gasteiger partial charge in [-0.25, -0.2) is 14.6 Å². The Balaban J connectivity index is 1.78. The van der Waals surface area contributed by atoms with E-state index in [0.29, 0.717) is 32.2 Å². The lowest BCUT2D eigenvalue weighted by molar-refractivity contribution is -0.124. The number of anilines is 1. The minimum Gasteiger partial charge on any atom is -0.378 e. The number of ether oxygens (including phenoxy) is 1. The SMILES string of the molecule is CCCCn1nc(CC(C)C)c2c(N3C[C@H]4COC[C@@H](C3)C(=O)N4)ncnc21. The highest BCUT2D eigenvalue weighted by atomic mass is 16.5. The Morgan fingerprint density at radius 1 is 1.29 bits per heavy atom. The van der Waals surface area contributed by atoms with Crippen LogP contribution in [-0.2, 0) is 22.5 Å². The Morgan fingerprint density at radius 2 is 2.14 bits per heavy atom. The van der Waals surface area contributed by atoms with Gasteiger partial charge in [-0.05, 0) is 18.8 Å². The van der Waals surface area contributed by atoms with Crippen LogP contribution in [0.4, 0.5) is 5.82 Å². The molecular weight excluding hydrogens is 356 g/mol. The lowest BCUT2D eigenvalue weighted by atomic mass is 10.1. The molecule has 0 aliphatic carbocycles. The number of rotatable bonds is 6. The molecule has 0 radical (unpaired) electrons.